The molecule has 3 N–H and O–H groups in total. The fourth-order valence-electron chi connectivity index (χ4n) is 3.41. The van der Waals surface area contributed by atoms with Gasteiger partial charge in [0.05, 0.1) is 23.5 Å². The first-order valence-electron chi connectivity index (χ1n) is 10.7. The second-order valence-corrected chi connectivity index (χ2v) is 8.63. The van der Waals surface area contributed by atoms with E-state index in [9.17, 15) is 0 Å². The Labute approximate surface area is 192 Å². The third-order valence-electron chi connectivity index (χ3n) is 5.68. The first-order valence-corrected chi connectivity index (χ1v) is 10.7. The fourth-order valence-corrected chi connectivity index (χ4v) is 3.41. The van der Waals surface area contributed by atoms with Gasteiger partial charge in [-0.1, -0.05) is 25.1 Å². The van der Waals surface area contributed by atoms with Crippen LogP contribution >= 0.6 is 0 Å². The van der Waals surface area contributed by atoms with E-state index in [0.29, 0.717) is 23.2 Å². The molecular formula is C23H27N9O. The molecule has 10 nitrogen and oxygen atoms in total. The summed E-state index contributed by atoms with van der Waals surface area (Å²) in [6.45, 7) is 10.4. The van der Waals surface area contributed by atoms with Crippen LogP contribution in [-0.4, -0.2) is 41.1 Å². The maximum atomic E-state index is 5.58. The molecular weight excluding hydrogens is 418 g/mol. The quantitative estimate of drug-likeness (QED) is 0.432. The molecule has 4 rings (SSSR count). The van der Waals surface area contributed by atoms with E-state index in [0.717, 1.165) is 16.8 Å². The number of hydrogen-bond acceptors (Lipinski definition) is 10. The van der Waals surface area contributed by atoms with Crippen LogP contribution < -0.4 is 11.1 Å². The number of rotatable bonds is 7. The van der Waals surface area contributed by atoms with E-state index < -0.39 is 5.41 Å². The van der Waals surface area contributed by atoms with Crippen molar-refractivity contribution in [1.29, 1.82) is 0 Å². The predicted octanol–water partition coefficient (Wildman–Crippen LogP) is 3.74. The molecule has 0 saturated carbocycles. The van der Waals surface area contributed by atoms with E-state index in [4.69, 9.17) is 10.3 Å². The Bertz CT molecular complexity index is 1200. The Morgan fingerprint density at radius 1 is 0.879 bits per heavy atom. The molecule has 0 saturated heterocycles. The second-order valence-electron chi connectivity index (χ2n) is 8.63. The number of nitrogen functional groups attached to an aromatic ring is 1. The van der Waals surface area contributed by atoms with Crippen molar-refractivity contribution in [2.75, 3.05) is 11.1 Å². The molecule has 0 aliphatic heterocycles. The van der Waals surface area contributed by atoms with Crippen molar-refractivity contribution >= 4 is 11.8 Å². The van der Waals surface area contributed by atoms with Crippen molar-refractivity contribution in [2.45, 2.75) is 46.1 Å². The lowest BCUT2D eigenvalue weighted by Crippen LogP contribution is -2.31. The molecule has 33 heavy (non-hydrogen) atoms. The Morgan fingerprint density at radius 2 is 1.61 bits per heavy atom. The maximum Gasteiger partial charge on any atom is 0.278 e. The summed E-state index contributed by atoms with van der Waals surface area (Å²) < 4.78 is 5.56. The summed E-state index contributed by atoms with van der Waals surface area (Å²) in [5.74, 6) is 1.97. The molecule has 0 fully saturated rings. The highest BCUT2D eigenvalue weighted by Crippen LogP contribution is 2.38. The Hall–Kier alpha value is -3.95. The van der Waals surface area contributed by atoms with Gasteiger partial charge in [0.25, 0.3) is 5.89 Å². The summed E-state index contributed by atoms with van der Waals surface area (Å²) in [5.41, 5.74) is 8.07. The molecule has 4 aromatic heterocycles. The number of anilines is 2. The molecule has 1 atom stereocenters. The average molecular weight is 446 g/mol. The topological polar surface area (TPSA) is 141 Å². The molecule has 0 aromatic carbocycles. The van der Waals surface area contributed by atoms with Gasteiger partial charge in [-0.15, -0.1) is 0 Å². The monoisotopic (exact) mass is 445 g/mol. The van der Waals surface area contributed by atoms with Gasteiger partial charge < -0.3 is 15.6 Å². The highest BCUT2D eigenvalue weighted by atomic mass is 16.5. The van der Waals surface area contributed by atoms with Gasteiger partial charge in [-0.25, -0.2) is 19.9 Å². The van der Waals surface area contributed by atoms with E-state index in [1.807, 2.05) is 32.2 Å². The Kier molecular flexibility index (Phi) is 5.99. The maximum absolute atomic E-state index is 5.58. The largest absolute Gasteiger partial charge is 0.368 e. The van der Waals surface area contributed by atoms with E-state index in [1.165, 1.54) is 0 Å². The Balaban J connectivity index is 1.63. The van der Waals surface area contributed by atoms with Crippen molar-refractivity contribution in [3.05, 3.63) is 54.5 Å². The number of hydrogen-bond donors (Lipinski definition) is 2. The molecule has 4 heterocycles. The third-order valence-corrected chi connectivity index (χ3v) is 5.68. The highest BCUT2D eigenvalue weighted by Gasteiger charge is 2.38. The number of pyridine rings is 1. The van der Waals surface area contributed by atoms with Gasteiger partial charge in [-0.2, -0.15) is 4.98 Å². The SMILES string of the molecule is CC(C)Nc1cnc(-c2nc(C(C)(c3ccc(-c4cnc(N)nc4)nc3)C(C)C)no2)cn1. The molecule has 0 spiro atoms. The highest BCUT2D eigenvalue weighted by molar-refractivity contribution is 5.57. The van der Waals surface area contributed by atoms with Gasteiger partial charge in [-0.3, -0.25) is 4.98 Å². The smallest absolute Gasteiger partial charge is 0.278 e. The van der Waals surface area contributed by atoms with Crippen LogP contribution in [0.25, 0.3) is 22.8 Å². The van der Waals surface area contributed by atoms with Gasteiger partial charge in [0, 0.05) is 30.2 Å². The molecule has 0 aliphatic rings. The molecule has 0 aliphatic carbocycles. The predicted molar refractivity (Wildman–Crippen MR) is 125 cm³/mol. The minimum atomic E-state index is -0.530. The van der Waals surface area contributed by atoms with Crippen LogP contribution in [0.5, 0.6) is 0 Å². The van der Waals surface area contributed by atoms with Crippen molar-refractivity contribution in [3.63, 3.8) is 0 Å². The minimum Gasteiger partial charge on any atom is -0.368 e. The van der Waals surface area contributed by atoms with Gasteiger partial charge >= 0.3 is 0 Å². The van der Waals surface area contributed by atoms with Gasteiger partial charge in [0.15, 0.2) is 5.82 Å². The molecule has 0 radical (unpaired) electrons. The van der Waals surface area contributed by atoms with Crippen LogP contribution in [0.1, 0.15) is 46.0 Å². The van der Waals surface area contributed by atoms with Crippen molar-refractivity contribution in [1.82, 2.24) is 35.1 Å². The minimum absolute atomic E-state index is 0.166. The van der Waals surface area contributed by atoms with Crippen LogP contribution in [0.15, 0.2) is 47.6 Å². The first-order chi connectivity index (χ1) is 15.8. The van der Waals surface area contributed by atoms with Crippen molar-refractivity contribution in [2.24, 2.45) is 5.92 Å². The summed E-state index contributed by atoms with van der Waals surface area (Å²) in [6.07, 6.45) is 8.42. The van der Waals surface area contributed by atoms with Gasteiger partial charge in [0.1, 0.15) is 11.5 Å². The number of nitrogens with one attached hydrogen (secondary N) is 1. The lowest BCUT2D eigenvalue weighted by Gasteiger charge is -2.30. The normalized spacial score (nSPS) is 13.3. The number of nitrogens with two attached hydrogens (primary N) is 1. The number of aromatic nitrogens is 7. The van der Waals surface area contributed by atoms with Crippen LogP contribution in [0.2, 0.25) is 0 Å². The zero-order valence-corrected chi connectivity index (χ0v) is 19.3. The zero-order chi connectivity index (χ0) is 23.6. The number of nitrogens with zero attached hydrogens (tertiary/aromatic N) is 7. The van der Waals surface area contributed by atoms with Crippen molar-refractivity contribution in [3.8, 4) is 22.8 Å². The third kappa shape index (κ3) is 4.50. The van der Waals surface area contributed by atoms with Crippen LogP contribution in [0, 0.1) is 5.92 Å². The van der Waals surface area contributed by atoms with Gasteiger partial charge in [0.2, 0.25) is 5.95 Å². The molecule has 0 bridgehead atoms. The standard InChI is InChI=1S/C23H27N9O/c1-13(2)23(5,16-6-7-17(25-10-16)15-8-28-22(24)29-9-15)21-31-20(33-32-21)18-11-27-19(12-26-18)30-14(3)4/h6-14H,1-5H3,(H,27,30)(H2,24,28,29). The molecule has 4 aromatic rings. The van der Waals surface area contributed by atoms with Crippen LogP contribution in [0.4, 0.5) is 11.8 Å². The molecule has 1 unspecified atom stereocenters. The molecule has 10 heteroatoms. The lowest BCUT2D eigenvalue weighted by molar-refractivity contribution is 0.350. The summed E-state index contributed by atoms with van der Waals surface area (Å²) in [7, 11) is 0. The zero-order valence-electron chi connectivity index (χ0n) is 19.3. The molecule has 0 amide bonds. The van der Waals surface area contributed by atoms with Crippen molar-refractivity contribution < 1.29 is 4.52 Å². The van der Waals surface area contributed by atoms with E-state index in [2.05, 4.69) is 61.1 Å². The summed E-state index contributed by atoms with van der Waals surface area (Å²) in [6, 6.07) is 4.21. The summed E-state index contributed by atoms with van der Waals surface area (Å²) in [4.78, 5) is 26.1. The molecule has 170 valence electrons. The van der Waals surface area contributed by atoms with E-state index in [1.54, 1.807) is 24.8 Å². The van der Waals surface area contributed by atoms with E-state index >= 15 is 0 Å². The first kappa shape index (κ1) is 22.3. The lowest BCUT2D eigenvalue weighted by atomic mass is 9.73. The Morgan fingerprint density at radius 3 is 2.18 bits per heavy atom. The average Bonchev–Trinajstić information content (AvgIpc) is 3.30. The van der Waals surface area contributed by atoms with Gasteiger partial charge in [-0.05, 0) is 38.3 Å². The summed E-state index contributed by atoms with van der Waals surface area (Å²) >= 11 is 0. The fraction of sp³-hybridized carbons (Fsp3) is 0.348. The second kappa shape index (κ2) is 8.89. The summed E-state index contributed by atoms with van der Waals surface area (Å²) in [5, 5.41) is 7.50. The van der Waals surface area contributed by atoms with E-state index in [-0.39, 0.29) is 17.9 Å². The van der Waals surface area contributed by atoms with Crippen LogP contribution in [-0.2, 0) is 5.41 Å². The van der Waals surface area contributed by atoms with Crippen LogP contribution in [0.3, 0.4) is 0 Å².